The van der Waals surface area contributed by atoms with Gasteiger partial charge in [-0.1, -0.05) is 6.07 Å². The summed E-state index contributed by atoms with van der Waals surface area (Å²) in [6.07, 6.45) is 1.86. The molecule has 2 rings (SSSR count). The zero-order valence-electron chi connectivity index (χ0n) is 12.8. The average Bonchev–Trinajstić information content (AvgIpc) is 2.80. The van der Waals surface area contributed by atoms with Crippen molar-refractivity contribution in [3.63, 3.8) is 0 Å². The van der Waals surface area contributed by atoms with Crippen LogP contribution in [0.5, 0.6) is 0 Å². The molecule has 4 nitrogen and oxygen atoms in total. The molecule has 1 N–H and O–H groups in total. The Morgan fingerprint density at radius 2 is 2.10 bits per heavy atom. The smallest absolute Gasteiger partial charge is 0.123 e. The van der Waals surface area contributed by atoms with Gasteiger partial charge in [-0.2, -0.15) is 5.10 Å². The van der Waals surface area contributed by atoms with Gasteiger partial charge in [0, 0.05) is 31.5 Å². The molecule has 0 aliphatic rings. The zero-order chi connectivity index (χ0) is 15.2. The standard InChI is InChI=1S/C16H22FN3O/c1-12-4-5-16(17)8-14(12)11-20-13(2)15(10-19-20)9-18-6-7-21-3/h4-5,8,10,18H,6-7,9,11H2,1-3H3. The minimum Gasteiger partial charge on any atom is -0.383 e. The van der Waals surface area contributed by atoms with Crippen LogP contribution < -0.4 is 5.32 Å². The fraction of sp³-hybridized carbons (Fsp3) is 0.438. The van der Waals surface area contributed by atoms with Gasteiger partial charge in [-0.25, -0.2) is 4.39 Å². The van der Waals surface area contributed by atoms with Crippen LogP contribution in [0.25, 0.3) is 0 Å². The number of rotatable bonds is 7. The molecule has 0 radical (unpaired) electrons. The van der Waals surface area contributed by atoms with Crippen LogP contribution in [-0.2, 0) is 17.8 Å². The van der Waals surface area contributed by atoms with E-state index in [1.807, 2.05) is 24.7 Å². The van der Waals surface area contributed by atoms with Crippen molar-refractivity contribution in [2.45, 2.75) is 26.9 Å². The first-order valence-electron chi connectivity index (χ1n) is 7.07. The van der Waals surface area contributed by atoms with Crippen LogP contribution in [0.3, 0.4) is 0 Å². The van der Waals surface area contributed by atoms with Crippen molar-refractivity contribution in [3.05, 3.63) is 52.6 Å². The summed E-state index contributed by atoms with van der Waals surface area (Å²) in [6.45, 7) is 6.88. The maximum atomic E-state index is 13.3. The first-order chi connectivity index (χ1) is 10.1. The highest BCUT2D eigenvalue weighted by Crippen LogP contribution is 2.14. The summed E-state index contributed by atoms with van der Waals surface area (Å²) in [6, 6.07) is 4.86. The Kier molecular flexibility index (Phi) is 5.47. The Hall–Kier alpha value is -1.72. The molecule has 1 aromatic heterocycles. The molecule has 0 bridgehead atoms. The van der Waals surface area contributed by atoms with Crippen LogP contribution in [0.15, 0.2) is 24.4 Å². The van der Waals surface area contributed by atoms with Gasteiger partial charge in [-0.3, -0.25) is 4.68 Å². The minimum atomic E-state index is -0.207. The first-order valence-corrected chi connectivity index (χ1v) is 7.07. The molecule has 5 heteroatoms. The van der Waals surface area contributed by atoms with E-state index >= 15 is 0 Å². The van der Waals surface area contributed by atoms with Crippen molar-refractivity contribution in [1.82, 2.24) is 15.1 Å². The average molecular weight is 291 g/mol. The van der Waals surface area contributed by atoms with Gasteiger partial charge in [-0.15, -0.1) is 0 Å². The lowest BCUT2D eigenvalue weighted by Crippen LogP contribution is -2.19. The summed E-state index contributed by atoms with van der Waals surface area (Å²) >= 11 is 0. The van der Waals surface area contributed by atoms with E-state index in [1.165, 1.54) is 6.07 Å². The molecule has 114 valence electrons. The van der Waals surface area contributed by atoms with E-state index in [1.54, 1.807) is 19.2 Å². The monoisotopic (exact) mass is 291 g/mol. The van der Waals surface area contributed by atoms with Gasteiger partial charge in [-0.05, 0) is 37.1 Å². The summed E-state index contributed by atoms with van der Waals surface area (Å²) < 4.78 is 20.3. The van der Waals surface area contributed by atoms with Crippen LogP contribution in [0.4, 0.5) is 4.39 Å². The molecule has 0 aliphatic heterocycles. The highest BCUT2D eigenvalue weighted by atomic mass is 19.1. The Balaban J connectivity index is 2.04. The molecule has 0 atom stereocenters. The van der Waals surface area contributed by atoms with Crippen LogP contribution in [0.2, 0.25) is 0 Å². The molecule has 0 fully saturated rings. The molecule has 1 aromatic carbocycles. The summed E-state index contributed by atoms with van der Waals surface area (Å²) in [4.78, 5) is 0. The summed E-state index contributed by atoms with van der Waals surface area (Å²) in [5.41, 5.74) is 4.29. The Morgan fingerprint density at radius 3 is 2.86 bits per heavy atom. The number of hydrogen-bond acceptors (Lipinski definition) is 3. The predicted octanol–water partition coefficient (Wildman–Crippen LogP) is 2.42. The number of aromatic nitrogens is 2. The number of nitrogens with one attached hydrogen (secondary N) is 1. The largest absolute Gasteiger partial charge is 0.383 e. The maximum Gasteiger partial charge on any atom is 0.123 e. The lowest BCUT2D eigenvalue weighted by molar-refractivity contribution is 0.199. The lowest BCUT2D eigenvalue weighted by atomic mass is 10.1. The van der Waals surface area contributed by atoms with Crippen molar-refractivity contribution in [1.29, 1.82) is 0 Å². The number of halogens is 1. The Morgan fingerprint density at radius 1 is 1.29 bits per heavy atom. The molecule has 0 saturated carbocycles. The molecule has 0 saturated heterocycles. The van der Waals surface area contributed by atoms with Gasteiger partial charge < -0.3 is 10.1 Å². The second-order valence-corrected chi connectivity index (χ2v) is 5.15. The highest BCUT2D eigenvalue weighted by molar-refractivity contribution is 5.27. The summed E-state index contributed by atoms with van der Waals surface area (Å²) in [7, 11) is 1.69. The van der Waals surface area contributed by atoms with Crippen LogP contribution in [0.1, 0.15) is 22.4 Å². The molecule has 0 spiro atoms. The van der Waals surface area contributed by atoms with Gasteiger partial charge in [0.15, 0.2) is 0 Å². The number of hydrogen-bond donors (Lipinski definition) is 1. The molecular weight excluding hydrogens is 269 g/mol. The molecule has 0 amide bonds. The topological polar surface area (TPSA) is 39.1 Å². The van der Waals surface area contributed by atoms with E-state index in [-0.39, 0.29) is 5.82 Å². The molecule has 2 aromatic rings. The molecule has 1 heterocycles. The van der Waals surface area contributed by atoms with Gasteiger partial charge in [0.05, 0.1) is 19.3 Å². The van der Waals surface area contributed by atoms with Gasteiger partial charge >= 0.3 is 0 Å². The number of benzene rings is 1. The Labute approximate surface area is 124 Å². The molecule has 0 aliphatic carbocycles. The van der Waals surface area contributed by atoms with E-state index < -0.39 is 0 Å². The fourth-order valence-corrected chi connectivity index (χ4v) is 2.19. The van der Waals surface area contributed by atoms with Crippen LogP contribution in [0, 0.1) is 19.7 Å². The van der Waals surface area contributed by atoms with E-state index in [0.717, 1.165) is 35.5 Å². The third kappa shape index (κ3) is 4.12. The third-order valence-electron chi connectivity index (χ3n) is 3.63. The number of methoxy groups -OCH3 is 1. The normalized spacial score (nSPS) is 11.0. The SMILES string of the molecule is COCCNCc1cnn(Cc2cc(F)ccc2C)c1C. The number of aryl methyl sites for hydroxylation is 1. The quantitative estimate of drug-likeness (QED) is 0.796. The van der Waals surface area contributed by atoms with Gasteiger partial charge in [0.1, 0.15) is 5.82 Å². The molecular formula is C16H22FN3O. The third-order valence-corrected chi connectivity index (χ3v) is 3.63. The predicted molar refractivity (Wildman–Crippen MR) is 80.8 cm³/mol. The van der Waals surface area contributed by atoms with E-state index in [0.29, 0.717) is 13.2 Å². The van der Waals surface area contributed by atoms with E-state index in [9.17, 15) is 4.39 Å². The second kappa shape index (κ2) is 7.33. The Bertz CT molecular complexity index is 595. The van der Waals surface area contributed by atoms with E-state index in [4.69, 9.17) is 4.74 Å². The van der Waals surface area contributed by atoms with Crippen molar-refractivity contribution >= 4 is 0 Å². The van der Waals surface area contributed by atoms with Crippen molar-refractivity contribution in [2.24, 2.45) is 0 Å². The fourth-order valence-electron chi connectivity index (χ4n) is 2.19. The summed E-state index contributed by atoms with van der Waals surface area (Å²) in [5, 5.41) is 7.71. The highest BCUT2D eigenvalue weighted by Gasteiger charge is 2.08. The van der Waals surface area contributed by atoms with Crippen molar-refractivity contribution < 1.29 is 9.13 Å². The molecule has 21 heavy (non-hydrogen) atoms. The van der Waals surface area contributed by atoms with Gasteiger partial charge in [0.2, 0.25) is 0 Å². The maximum absolute atomic E-state index is 13.3. The van der Waals surface area contributed by atoms with Crippen LogP contribution >= 0.6 is 0 Å². The van der Waals surface area contributed by atoms with Crippen molar-refractivity contribution in [2.75, 3.05) is 20.3 Å². The van der Waals surface area contributed by atoms with E-state index in [2.05, 4.69) is 10.4 Å². The summed E-state index contributed by atoms with van der Waals surface area (Å²) in [5.74, 6) is -0.207. The number of nitrogens with zero attached hydrogens (tertiary/aromatic N) is 2. The minimum absolute atomic E-state index is 0.207. The second-order valence-electron chi connectivity index (χ2n) is 5.15. The zero-order valence-corrected chi connectivity index (χ0v) is 12.8. The first kappa shape index (κ1) is 15.7. The lowest BCUT2D eigenvalue weighted by Gasteiger charge is -2.09. The van der Waals surface area contributed by atoms with Crippen molar-refractivity contribution in [3.8, 4) is 0 Å². The van der Waals surface area contributed by atoms with Gasteiger partial charge in [0.25, 0.3) is 0 Å². The number of ether oxygens (including phenoxy) is 1. The van der Waals surface area contributed by atoms with Crippen LogP contribution in [-0.4, -0.2) is 30.0 Å². The molecule has 0 unspecified atom stereocenters.